The Morgan fingerprint density at radius 3 is 2.69 bits per heavy atom. The maximum atomic E-state index is 12.4. The topological polar surface area (TPSA) is 98.2 Å². The Morgan fingerprint density at radius 2 is 1.96 bits per heavy atom. The Hall–Kier alpha value is -2.96. The number of aromatic nitrogens is 4. The number of anilines is 1. The molecule has 0 spiro atoms. The second-order valence-corrected chi connectivity index (χ2v) is 6.59. The largest absolute Gasteiger partial charge is 0.366 e. The molecule has 0 saturated carbocycles. The van der Waals surface area contributed by atoms with Crippen LogP contribution in [0.1, 0.15) is 47.5 Å². The summed E-state index contributed by atoms with van der Waals surface area (Å²) >= 11 is 0. The Balaban J connectivity index is 1.70. The average molecular weight is 352 g/mol. The molecule has 1 amide bonds. The Bertz CT molecular complexity index is 962. The zero-order chi connectivity index (χ0) is 18.8. The molecule has 136 valence electrons. The summed E-state index contributed by atoms with van der Waals surface area (Å²) in [5.74, 6) is 0.693. The van der Waals surface area contributed by atoms with E-state index in [9.17, 15) is 4.79 Å². The normalized spacial score (nSPS) is 12.3. The SMILES string of the molecule is Cc1ccccc1[C@@H](C)NC(=O)CCc1c(C)nc2nc(N)nn2c1C. The van der Waals surface area contributed by atoms with Gasteiger partial charge in [-0.15, -0.1) is 5.10 Å². The van der Waals surface area contributed by atoms with Crippen molar-refractivity contribution in [3.05, 3.63) is 52.3 Å². The standard InChI is InChI=1S/C19H24N6O/c1-11-7-5-6-8-15(11)12(2)21-17(26)10-9-16-13(3)22-19-23-18(20)24-25(19)14(16)4/h5-8,12H,9-10H2,1-4H3,(H2,20,24)(H,21,26)/t12-/m1/s1. The maximum absolute atomic E-state index is 12.4. The first-order valence-electron chi connectivity index (χ1n) is 8.70. The van der Waals surface area contributed by atoms with Gasteiger partial charge in [0.15, 0.2) is 0 Å². The summed E-state index contributed by atoms with van der Waals surface area (Å²) in [6, 6.07) is 8.06. The van der Waals surface area contributed by atoms with Crippen LogP contribution >= 0.6 is 0 Å². The van der Waals surface area contributed by atoms with Gasteiger partial charge in [0.1, 0.15) is 0 Å². The van der Waals surface area contributed by atoms with Crippen molar-refractivity contribution >= 4 is 17.6 Å². The lowest BCUT2D eigenvalue weighted by Gasteiger charge is -2.17. The number of carbonyl (C=O) groups is 1. The summed E-state index contributed by atoms with van der Waals surface area (Å²) in [7, 11) is 0. The fourth-order valence-corrected chi connectivity index (χ4v) is 3.29. The minimum absolute atomic E-state index is 0.0118. The molecule has 7 nitrogen and oxygen atoms in total. The summed E-state index contributed by atoms with van der Waals surface area (Å²) in [5.41, 5.74) is 10.7. The van der Waals surface area contributed by atoms with E-state index in [4.69, 9.17) is 5.73 Å². The van der Waals surface area contributed by atoms with Crippen LogP contribution in [0.25, 0.3) is 5.78 Å². The number of rotatable bonds is 5. The van der Waals surface area contributed by atoms with Crippen molar-refractivity contribution in [1.82, 2.24) is 24.9 Å². The van der Waals surface area contributed by atoms with Crippen molar-refractivity contribution in [2.45, 2.75) is 46.6 Å². The van der Waals surface area contributed by atoms with Crippen LogP contribution in [0.4, 0.5) is 5.95 Å². The van der Waals surface area contributed by atoms with Crippen molar-refractivity contribution in [2.24, 2.45) is 0 Å². The van der Waals surface area contributed by atoms with Crippen LogP contribution in [0, 0.1) is 20.8 Å². The van der Waals surface area contributed by atoms with Crippen molar-refractivity contribution in [3.8, 4) is 0 Å². The molecule has 1 aromatic carbocycles. The van der Waals surface area contributed by atoms with E-state index < -0.39 is 0 Å². The number of nitrogens with one attached hydrogen (secondary N) is 1. The quantitative estimate of drug-likeness (QED) is 0.735. The highest BCUT2D eigenvalue weighted by molar-refractivity contribution is 5.76. The third kappa shape index (κ3) is 3.51. The molecule has 1 atom stereocenters. The Labute approximate surface area is 152 Å². The van der Waals surface area contributed by atoms with Gasteiger partial charge in [-0.3, -0.25) is 4.79 Å². The van der Waals surface area contributed by atoms with E-state index in [1.165, 1.54) is 5.56 Å². The highest BCUT2D eigenvalue weighted by Crippen LogP contribution is 2.18. The van der Waals surface area contributed by atoms with Gasteiger partial charge < -0.3 is 11.1 Å². The third-order valence-corrected chi connectivity index (χ3v) is 4.70. The van der Waals surface area contributed by atoms with E-state index in [1.54, 1.807) is 4.52 Å². The molecule has 0 bridgehead atoms. The van der Waals surface area contributed by atoms with Gasteiger partial charge in [-0.1, -0.05) is 24.3 Å². The predicted octanol–water partition coefficient (Wildman–Crippen LogP) is 2.44. The van der Waals surface area contributed by atoms with E-state index in [0.29, 0.717) is 18.6 Å². The lowest BCUT2D eigenvalue weighted by Crippen LogP contribution is -2.27. The highest BCUT2D eigenvalue weighted by Gasteiger charge is 2.15. The summed E-state index contributed by atoms with van der Waals surface area (Å²) in [6.07, 6.45) is 0.974. The molecule has 0 aliphatic carbocycles. The fourth-order valence-electron chi connectivity index (χ4n) is 3.29. The molecule has 3 N–H and O–H groups in total. The molecule has 2 aromatic heterocycles. The molecule has 0 saturated heterocycles. The molecular formula is C19H24N6O. The van der Waals surface area contributed by atoms with Crippen LogP contribution in [0.5, 0.6) is 0 Å². The molecule has 0 unspecified atom stereocenters. The van der Waals surface area contributed by atoms with E-state index >= 15 is 0 Å². The van der Waals surface area contributed by atoms with Crippen molar-refractivity contribution in [1.29, 1.82) is 0 Å². The Kier molecular flexibility index (Phi) is 4.88. The predicted molar refractivity (Wildman–Crippen MR) is 101 cm³/mol. The molecule has 2 heterocycles. The van der Waals surface area contributed by atoms with Gasteiger partial charge in [-0.2, -0.15) is 9.50 Å². The van der Waals surface area contributed by atoms with Crippen LogP contribution in [0.2, 0.25) is 0 Å². The molecule has 0 aliphatic heterocycles. The molecular weight excluding hydrogens is 328 g/mol. The third-order valence-electron chi connectivity index (χ3n) is 4.70. The van der Waals surface area contributed by atoms with Gasteiger partial charge in [0.05, 0.1) is 6.04 Å². The maximum Gasteiger partial charge on any atom is 0.254 e. The molecule has 0 radical (unpaired) electrons. The summed E-state index contributed by atoms with van der Waals surface area (Å²) in [5, 5.41) is 7.23. The zero-order valence-electron chi connectivity index (χ0n) is 15.6. The van der Waals surface area contributed by atoms with Gasteiger partial charge >= 0.3 is 0 Å². The van der Waals surface area contributed by atoms with Gasteiger partial charge in [0.2, 0.25) is 11.9 Å². The first-order chi connectivity index (χ1) is 12.4. The minimum atomic E-state index is -0.0263. The summed E-state index contributed by atoms with van der Waals surface area (Å²) in [6.45, 7) is 7.91. The number of aryl methyl sites for hydroxylation is 3. The van der Waals surface area contributed by atoms with Crippen LogP contribution in [-0.4, -0.2) is 25.5 Å². The fraction of sp³-hybridized carbons (Fsp3) is 0.368. The smallest absolute Gasteiger partial charge is 0.254 e. The molecule has 3 aromatic rings. The second kappa shape index (κ2) is 7.11. The number of amides is 1. The molecule has 7 heteroatoms. The van der Waals surface area contributed by atoms with Crippen molar-refractivity contribution in [3.63, 3.8) is 0 Å². The van der Waals surface area contributed by atoms with Crippen LogP contribution in [0.15, 0.2) is 24.3 Å². The molecule has 0 aliphatic rings. The monoisotopic (exact) mass is 352 g/mol. The van der Waals surface area contributed by atoms with Crippen LogP contribution in [-0.2, 0) is 11.2 Å². The van der Waals surface area contributed by atoms with E-state index in [-0.39, 0.29) is 17.9 Å². The number of hydrogen-bond donors (Lipinski definition) is 2. The number of carbonyl (C=O) groups excluding carboxylic acids is 1. The zero-order valence-corrected chi connectivity index (χ0v) is 15.6. The van der Waals surface area contributed by atoms with E-state index in [0.717, 1.165) is 22.5 Å². The number of benzene rings is 1. The van der Waals surface area contributed by atoms with E-state index in [2.05, 4.69) is 33.4 Å². The first-order valence-corrected chi connectivity index (χ1v) is 8.70. The molecule has 0 fully saturated rings. The van der Waals surface area contributed by atoms with Crippen molar-refractivity contribution in [2.75, 3.05) is 5.73 Å². The average Bonchev–Trinajstić information content (AvgIpc) is 2.95. The number of nitrogens with zero attached hydrogens (tertiary/aromatic N) is 4. The van der Waals surface area contributed by atoms with Gasteiger partial charge in [-0.25, -0.2) is 4.98 Å². The second-order valence-electron chi connectivity index (χ2n) is 6.59. The van der Waals surface area contributed by atoms with Gasteiger partial charge in [-0.05, 0) is 50.8 Å². The summed E-state index contributed by atoms with van der Waals surface area (Å²) in [4.78, 5) is 20.9. The molecule has 3 rings (SSSR count). The highest BCUT2D eigenvalue weighted by atomic mass is 16.1. The number of nitrogens with two attached hydrogens (primary N) is 1. The first kappa shape index (κ1) is 17.8. The van der Waals surface area contributed by atoms with Gasteiger partial charge in [0.25, 0.3) is 5.78 Å². The van der Waals surface area contributed by atoms with Crippen LogP contribution < -0.4 is 11.1 Å². The summed E-state index contributed by atoms with van der Waals surface area (Å²) < 4.78 is 1.63. The lowest BCUT2D eigenvalue weighted by atomic mass is 10.0. The lowest BCUT2D eigenvalue weighted by molar-refractivity contribution is -0.121. The molecule has 26 heavy (non-hydrogen) atoms. The van der Waals surface area contributed by atoms with E-state index in [1.807, 2.05) is 39.0 Å². The van der Waals surface area contributed by atoms with Crippen LogP contribution in [0.3, 0.4) is 0 Å². The number of nitrogen functional groups attached to an aromatic ring is 1. The minimum Gasteiger partial charge on any atom is -0.366 e. The van der Waals surface area contributed by atoms with Crippen molar-refractivity contribution < 1.29 is 4.79 Å². The Morgan fingerprint density at radius 1 is 1.23 bits per heavy atom. The number of hydrogen-bond acceptors (Lipinski definition) is 5. The number of fused-ring (bicyclic) bond motifs is 1. The van der Waals surface area contributed by atoms with Gasteiger partial charge in [0, 0.05) is 17.8 Å².